The topological polar surface area (TPSA) is 93.1 Å². The number of unbranched alkanes of at least 4 members (excludes halogenated alkanes) is 1. The molecule has 0 spiro atoms. The molecule has 0 saturated carbocycles. The van der Waals surface area contributed by atoms with Gasteiger partial charge in [0.1, 0.15) is 0 Å². The van der Waals surface area contributed by atoms with E-state index in [1.54, 1.807) is 30.7 Å². The molecule has 0 fully saturated rings. The van der Waals surface area contributed by atoms with Gasteiger partial charge in [0.15, 0.2) is 0 Å². The van der Waals surface area contributed by atoms with Crippen molar-refractivity contribution in [2.45, 2.75) is 24.3 Å². The maximum absolute atomic E-state index is 11.9. The fourth-order valence-corrected chi connectivity index (χ4v) is 2.98. The molecular weight excluding hydrogens is 316 g/mol. The summed E-state index contributed by atoms with van der Waals surface area (Å²) in [5.74, 6) is -0.341. The minimum atomic E-state index is -3.64. The van der Waals surface area contributed by atoms with Crippen molar-refractivity contribution < 1.29 is 13.2 Å². The second kappa shape index (κ2) is 8.44. The van der Waals surface area contributed by atoms with Crippen LogP contribution in [0.15, 0.2) is 53.9 Å². The molecule has 124 valence electrons. The van der Waals surface area contributed by atoms with Gasteiger partial charge in [0, 0.05) is 25.5 Å². The lowest BCUT2D eigenvalue weighted by atomic mass is 10.3. The molecule has 2 rings (SSSR count). The summed E-state index contributed by atoms with van der Waals surface area (Å²) in [5, 5.41) is 2.70. The van der Waals surface area contributed by atoms with E-state index in [1.807, 2.05) is 10.8 Å². The standard InChI is InChI=1S/C15H20N4O3S/c20-15(17-8-4-5-10-19-11-9-16-13-19)12-18-23(21,22)14-6-2-1-3-7-14/h1-3,6-7,9,11,13,18H,4-5,8,10,12H2,(H,17,20). The number of sulfonamides is 1. The zero-order chi connectivity index (χ0) is 16.5. The van der Waals surface area contributed by atoms with E-state index < -0.39 is 10.0 Å². The first kappa shape index (κ1) is 17.2. The molecule has 0 atom stereocenters. The lowest BCUT2D eigenvalue weighted by molar-refractivity contribution is -0.119. The van der Waals surface area contributed by atoms with Gasteiger partial charge in [-0.3, -0.25) is 4.79 Å². The molecule has 2 N–H and O–H groups in total. The summed E-state index contributed by atoms with van der Waals surface area (Å²) in [5.41, 5.74) is 0. The Hall–Kier alpha value is -2.19. The molecule has 0 radical (unpaired) electrons. The van der Waals surface area contributed by atoms with E-state index in [9.17, 15) is 13.2 Å². The molecule has 1 amide bonds. The van der Waals surface area contributed by atoms with E-state index in [0.717, 1.165) is 19.4 Å². The van der Waals surface area contributed by atoms with Crippen LogP contribution in [0.25, 0.3) is 0 Å². The quantitative estimate of drug-likeness (QED) is 0.661. The lowest BCUT2D eigenvalue weighted by Gasteiger charge is -2.08. The average molecular weight is 336 g/mol. The molecule has 1 aromatic heterocycles. The Bertz CT molecular complexity index is 700. The van der Waals surface area contributed by atoms with Crippen molar-refractivity contribution in [2.75, 3.05) is 13.1 Å². The van der Waals surface area contributed by atoms with Crippen LogP contribution in [0.3, 0.4) is 0 Å². The van der Waals surface area contributed by atoms with Crippen LogP contribution in [-0.2, 0) is 21.4 Å². The largest absolute Gasteiger partial charge is 0.355 e. The van der Waals surface area contributed by atoms with Gasteiger partial charge in [-0.1, -0.05) is 18.2 Å². The SMILES string of the molecule is O=C(CNS(=O)(=O)c1ccccc1)NCCCCn1ccnc1. The molecule has 0 aliphatic heterocycles. The van der Waals surface area contributed by atoms with Gasteiger partial charge in [-0.2, -0.15) is 0 Å². The van der Waals surface area contributed by atoms with Gasteiger partial charge in [0.05, 0.1) is 17.8 Å². The predicted molar refractivity (Wildman–Crippen MR) is 86.1 cm³/mol. The Morgan fingerprint density at radius 3 is 2.65 bits per heavy atom. The highest BCUT2D eigenvalue weighted by molar-refractivity contribution is 7.89. The molecule has 8 heteroatoms. The highest BCUT2D eigenvalue weighted by atomic mass is 32.2. The van der Waals surface area contributed by atoms with Gasteiger partial charge in [0.2, 0.25) is 15.9 Å². The van der Waals surface area contributed by atoms with Crippen molar-refractivity contribution in [3.63, 3.8) is 0 Å². The summed E-state index contributed by atoms with van der Waals surface area (Å²) in [4.78, 5) is 15.8. The van der Waals surface area contributed by atoms with Crippen LogP contribution in [0, 0.1) is 0 Å². The minimum absolute atomic E-state index is 0.146. The van der Waals surface area contributed by atoms with Gasteiger partial charge in [0.25, 0.3) is 0 Å². The molecule has 1 aromatic carbocycles. The summed E-state index contributed by atoms with van der Waals surface area (Å²) >= 11 is 0. The number of amides is 1. The lowest BCUT2D eigenvalue weighted by Crippen LogP contribution is -2.37. The van der Waals surface area contributed by atoms with Crippen LogP contribution >= 0.6 is 0 Å². The number of rotatable bonds is 9. The minimum Gasteiger partial charge on any atom is -0.355 e. The van der Waals surface area contributed by atoms with Crippen molar-refractivity contribution in [1.29, 1.82) is 0 Å². The highest BCUT2D eigenvalue weighted by Crippen LogP contribution is 2.06. The molecule has 0 saturated heterocycles. The van der Waals surface area contributed by atoms with Crippen LogP contribution in [0.4, 0.5) is 0 Å². The van der Waals surface area contributed by atoms with E-state index in [-0.39, 0.29) is 17.3 Å². The van der Waals surface area contributed by atoms with Gasteiger partial charge < -0.3 is 9.88 Å². The molecule has 7 nitrogen and oxygen atoms in total. The summed E-state index contributed by atoms with van der Waals surface area (Å²) < 4.78 is 28.1. The number of nitrogens with one attached hydrogen (secondary N) is 2. The van der Waals surface area contributed by atoms with Gasteiger partial charge >= 0.3 is 0 Å². The third-order valence-corrected chi connectivity index (χ3v) is 4.62. The number of nitrogens with zero attached hydrogens (tertiary/aromatic N) is 2. The Balaban J connectivity index is 1.63. The number of carbonyl (C=O) groups excluding carboxylic acids is 1. The number of imidazole rings is 1. The van der Waals surface area contributed by atoms with Crippen molar-refractivity contribution in [1.82, 2.24) is 19.6 Å². The summed E-state index contributed by atoms with van der Waals surface area (Å²) in [6, 6.07) is 7.96. The average Bonchev–Trinajstić information content (AvgIpc) is 3.07. The Kier molecular flexibility index (Phi) is 6.30. The predicted octanol–water partition coefficient (Wildman–Crippen LogP) is 0.758. The number of aromatic nitrogens is 2. The van der Waals surface area contributed by atoms with E-state index >= 15 is 0 Å². The van der Waals surface area contributed by atoms with Crippen LogP contribution in [0.5, 0.6) is 0 Å². The van der Waals surface area contributed by atoms with Crippen molar-refractivity contribution >= 4 is 15.9 Å². The Morgan fingerprint density at radius 2 is 1.96 bits per heavy atom. The monoisotopic (exact) mass is 336 g/mol. The maximum atomic E-state index is 11.9. The molecule has 0 bridgehead atoms. The number of benzene rings is 1. The summed E-state index contributed by atoms with van der Waals surface area (Å²) in [6.45, 7) is 1.09. The van der Waals surface area contributed by atoms with E-state index in [0.29, 0.717) is 6.54 Å². The third-order valence-electron chi connectivity index (χ3n) is 3.20. The third kappa shape index (κ3) is 5.84. The highest BCUT2D eigenvalue weighted by Gasteiger charge is 2.14. The molecule has 0 unspecified atom stereocenters. The molecule has 0 aliphatic carbocycles. The fourth-order valence-electron chi connectivity index (χ4n) is 1.97. The van der Waals surface area contributed by atoms with Crippen LogP contribution < -0.4 is 10.0 Å². The zero-order valence-corrected chi connectivity index (χ0v) is 13.5. The van der Waals surface area contributed by atoms with Gasteiger partial charge in [-0.05, 0) is 25.0 Å². The first-order valence-corrected chi connectivity index (χ1v) is 8.83. The molecule has 23 heavy (non-hydrogen) atoms. The Morgan fingerprint density at radius 1 is 1.17 bits per heavy atom. The Labute approximate surface area is 135 Å². The summed E-state index contributed by atoms with van der Waals surface area (Å²) in [6.07, 6.45) is 7.08. The molecular formula is C15H20N4O3S. The first-order chi connectivity index (χ1) is 11.1. The number of hydrogen-bond acceptors (Lipinski definition) is 4. The van der Waals surface area contributed by atoms with Crippen molar-refractivity contribution in [3.8, 4) is 0 Å². The molecule has 1 heterocycles. The second-order valence-electron chi connectivity index (χ2n) is 5.00. The normalized spacial score (nSPS) is 11.3. The van der Waals surface area contributed by atoms with Crippen molar-refractivity contribution in [2.24, 2.45) is 0 Å². The van der Waals surface area contributed by atoms with E-state index in [1.165, 1.54) is 12.1 Å². The number of hydrogen-bond donors (Lipinski definition) is 2. The zero-order valence-electron chi connectivity index (χ0n) is 12.7. The van der Waals surface area contributed by atoms with Crippen LogP contribution in [0.1, 0.15) is 12.8 Å². The first-order valence-electron chi connectivity index (χ1n) is 7.35. The summed E-state index contributed by atoms with van der Waals surface area (Å²) in [7, 11) is -3.64. The van der Waals surface area contributed by atoms with Crippen LogP contribution in [0.2, 0.25) is 0 Å². The fraction of sp³-hybridized carbons (Fsp3) is 0.333. The smallest absolute Gasteiger partial charge is 0.241 e. The molecule has 0 aliphatic rings. The van der Waals surface area contributed by atoms with E-state index in [2.05, 4.69) is 15.0 Å². The second-order valence-corrected chi connectivity index (χ2v) is 6.76. The van der Waals surface area contributed by atoms with E-state index in [4.69, 9.17) is 0 Å². The number of aryl methyl sites for hydroxylation is 1. The van der Waals surface area contributed by atoms with Crippen LogP contribution in [-0.4, -0.2) is 37.0 Å². The van der Waals surface area contributed by atoms with Gasteiger partial charge in [-0.25, -0.2) is 18.1 Å². The molecule has 2 aromatic rings. The van der Waals surface area contributed by atoms with Crippen molar-refractivity contribution in [3.05, 3.63) is 49.1 Å². The number of carbonyl (C=O) groups is 1. The van der Waals surface area contributed by atoms with Gasteiger partial charge in [-0.15, -0.1) is 0 Å². The maximum Gasteiger partial charge on any atom is 0.241 e.